The summed E-state index contributed by atoms with van der Waals surface area (Å²) in [5.74, 6) is -1.64. The lowest BCUT2D eigenvalue weighted by molar-refractivity contribution is -0.139. The molecule has 0 saturated carbocycles. The molecule has 2 heterocycles. The summed E-state index contributed by atoms with van der Waals surface area (Å²) in [5.41, 5.74) is -0.471. The molecule has 14 heteroatoms. The van der Waals surface area contributed by atoms with Crippen molar-refractivity contribution in [1.29, 1.82) is 0 Å². The van der Waals surface area contributed by atoms with E-state index in [0.717, 1.165) is 25.9 Å². The Morgan fingerprint density at radius 3 is 2.48 bits per heavy atom. The zero-order valence-electron chi connectivity index (χ0n) is 23.5. The number of amides is 2. The van der Waals surface area contributed by atoms with Crippen LogP contribution in [0, 0.1) is 0 Å². The smallest absolute Gasteiger partial charge is 0.423 e. The standard InChI is InChI=1S/C28H31F3N6O4S/c1-32-25(39)23-20(6-5-7-22(23)42-4)41-26-18(28(29,30)31)15-33-27(36-26)35-19-9-8-16(14-21(19)40-3)24(38)34-17-10-12-37(2)13-11-17/h5-9,14-15,17H,10-13H2,1-4H3,(H,32,39)(H,34,38)(H,33,35,36). The highest BCUT2D eigenvalue weighted by atomic mass is 32.2. The Labute approximate surface area is 245 Å². The highest BCUT2D eigenvalue weighted by molar-refractivity contribution is 7.98. The number of ether oxygens (including phenoxy) is 2. The Morgan fingerprint density at radius 2 is 1.83 bits per heavy atom. The highest BCUT2D eigenvalue weighted by Gasteiger charge is 2.37. The number of carbonyl (C=O) groups excluding carboxylic acids is 2. The van der Waals surface area contributed by atoms with Crippen molar-refractivity contribution >= 4 is 35.2 Å². The average Bonchev–Trinajstić information content (AvgIpc) is 2.97. The number of alkyl halides is 3. The number of hydrogen-bond donors (Lipinski definition) is 3. The molecule has 0 atom stereocenters. The van der Waals surface area contributed by atoms with Crippen molar-refractivity contribution in [3.05, 3.63) is 59.3 Å². The number of carbonyl (C=O) groups is 2. The van der Waals surface area contributed by atoms with Gasteiger partial charge in [0.25, 0.3) is 11.8 Å². The summed E-state index contributed by atoms with van der Waals surface area (Å²) in [5, 5.41) is 8.35. The first kappa shape index (κ1) is 30.9. The van der Waals surface area contributed by atoms with E-state index in [4.69, 9.17) is 9.47 Å². The molecule has 1 saturated heterocycles. The molecule has 224 valence electrons. The lowest BCUT2D eigenvalue weighted by atomic mass is 10.0. The Hall–Kier alpha value is -4.04. The molecule has 1 fully saturated rings. The Kier molecular flexibility index (Phi) is 9.78. The van der Waals surface area contributed by atoms with Crippen LogP contribution in [0.25, 0.3) is 0 Å². The number of methoxy groups -OCH3 is 1. The molecule has 42 heavy (non-hydrogen) atoms. The molecular formula is C28H31F3N6O4S. The molecule has 0 radical (unpaired) electrons. The van der Waals surface area contributed by atoms with E-state index in [0.29, 0.717) is 22.3 Å². The maximum atomic E-state index is 13.9. The van der Waals surface area contributed by atoms with Gasteiger partial charge in [0, 0.05) is 29.7 Å². The Balaban J connectivity index is 1.61. The maximum absolute atomic E-state index is 13.9. The number of likely N-dealkylation sites (tertiary alicyclic amines) is 1. The number of aromatic nitrogens is 2. The van der Waals surface area contributed by atoms with Crippen molar-refractivity contribution < 1.29 is 32.2 Å². The van der Waals surface area contributed by atoms with E-state index in [1.807, 2.05) is 7.05 Å². The highest BCUT2D eigenvalue weighted by Crippen LogP contribution is 2.39. The fourth-order valence-corrected chi connectivity index (χ4v) is 5.01. The minimum Gasteiger partial charge on any atom is -0.495 e. The van der Waals surface area contributed by atoms with E-state index in [9.17, 15) is 22.8 Å². The van der Waals surface area contributed by atoms with Gasteiger partial charge in [-0.15, -0.1) is 11.8 Å². The number of rotatable bonds is 9. The molecule has 1 aliphatic heterocycles. The molecule has 3 N–H and O–H groups in total. The van der Waals surface area contributed by atoms with Crippen LogP contribution in [0.1, 0.15) is 39.1 Å². The normalized spacial score (nSPS) is 14.3. The van der Waals surface area contributed by atoms with Crippen LogP contribution in [0.3, 0.4) is 0 Å². The molecule has 0 unspecified atom stereocenters. The minimum atomic E-state index is -4.83. The quantitative estimate of drug-likeness (QED) is 0.292. The summed E-state index contributed by atoms with van der Waals surface area (Å²) in [4.78, 5) is 35.9. The molecule has 0 spiro atoms. The minimum absolute atomic E-state index is 0.0667. The summed E-state index contributed by atoms with van der Waals surface area (Å²) in [6.07, 6.45) is -0.810. The van der Waals surface area contributed by atoms with Gasteiger partial charge in [-0.1, -0.05) is 6.07 Å². The number of nitrogens with zero attached hydrogens (tertiary/aromatic N) is 3. The number of thioether (sulfide) groups is 1. The van der Waals surface area contributed by atoms with Gasteiger partial charge in [-0.2, -0.15) is 18.2 Å². The van der Waals surface area contributed by atoms with Crippen molar-refractivity contribution in [2.24, 2.45) is 0 Å². The number of hydrogen-bond acceptors (Lipinski definition) is 9. The second-order valence-electron chi connectivity index (χ2n) is 9.52. The van der Waals surface area contributed by atoms with Crippen LogP contribution in [0.4, 0.5) is 24.8 Å². The Bertz CT molecular complexity index is 1450. The van der Waals surface area contributed by atoms with E-state index in [2.05, 4.69) is 30.8 Å². The predicted octanol–water partition coefficient (Wildman–Crippen LogP) is 4.95. The zero-order chi connectivity index (χ0) is 30.4. The van der Waals surface area contributed by atoms with Gasteiger partial charge in [-0.05, 0) is 69.6 Å². The third kappa shape index (κ3) is 7.23. The Morgan fingerprint density at radius 1 is 1.10 bits per heavy atom. The average molecular weight is 605 g/mol. The molecule has 2 amide bonds. The summed E-state index contributed by atoms with van der Waals surface area (Å²) < 4.78 is 52.7. The number of nitrogens with one attached hydrogen (secondary N) is 3. The van der Waals surface area contributed by atoms with E-state index < -0.39 is 23.5 Å². The first-order chi connectivity index (χ1) is 20.0. The predicted molar refractivity (Wildman–Crippen MR) is 153 cm³/mol. The third-order valence-corrected chi connectivity index (χ3v) is 7.47. The molecule has 0 bridgehead atoms. The number of halogens is 3. The maximum Gasteiger partial charge on any atom is 0.423 e. The molecule has 3 aromatic rings. The van der Waals surface area contributed by atoms with Crippen molar-refractivity contribution in [1.82, 2.24) is 25.5 Å². The van der Waals surface area contributed by atoms with Crippen molar-refractivity contribution in [2.75, 3.05) is 45.9 Å². The van der Waals surface area contributed by atoms with Gasteiger partial charge in [-0.3, -0.25) is 9.59 Å². The molecule has 1 aromatic heterocycles. The van der Waals surface area contributed by atoms with Gasteiger partial charge in [0.15, 0.2) is 0 Å². The third-order valence-electron chi connectivity index (χ3n) is 6.69. The largest absolute Gasteiger partial charge is 0.495 e. The second-order valence-corrected chi connectivity index (χ2v) is 10.4. The molecule has 1 aliphatic rings. The number of benzene rings is 2. The summed E-state index contributed by atoms with van der Waals surface area (Å²) in [7, 11) is 4.85. The summed E-state index contributed by atoms with van der Waals surface area (Å²) in [6.45, 7) is 1.79. The molecule has 4 rings (SSSR count). The van der Waals surface area contributed by atoms with Crippen LogP contribution in [0.5, 0.6) is 17.4 Å². The lowest BCUT2D eigenvalue weighted by Crippen LogP contribution is -2.43. The fourth-order valence-electron chi connectivity index (χ4n) is 4.40. The van der Waals surface area contributed by atoms with Crippen molar-refractivity contribution in [3.8, 4) is 17.4 Å². The summed E-state index contributed by atoms with van der Waals surface area (Å²) >= 11 is 1.24. The van der Waals surface area contributed by atoms with Gasteiger partial charge in [0.2, 0.25) is 11.8 Å². The fraction of sp³-hybridized carbons (Fsp3) is 0.357. The lowest BCUT2D eigenvalue weighted by Gasteiger charge is -2.29. The van der Waals surface area contributed by atoms with Gasteiger partial charge in [-0.25, -0.2) is 4.98 Å². The topological polar surface area (TPSA) is 118 Å². The van der Waals surface area contributed by atoms with Crippen LogP contribution in [-0.4, -0.2) is 73.3 Å². The van der Waals surface area contributed by atoms with Crippen molar-refractivity contribution in [3.63, 3.8) is 0 Å². The zero-order valence-corrected chi connectivity index (χ0v) is 24.3. The molecule has 10 nitrogen and oxygen atoms in total. The van der Waals surface area contributed by atoms with E-state index in [-0.39, 0.29) is 35.0 Å². The molecule has 0 aliphatic carbocycles. The first-order valence-electron chi connectivity index (χ1n) is 13.0. The number of anilines is 2. The summed E-state index contributed by atoms with van der Waals surface area (Å²) in [6, 6.07) is 9.32. The van der Waals surface area contributed by atoms with E-state index in [1.54, 1.807) is 30.5 Å². The van der Waals surface area contributed by atoms with Crippen LogP contribution in [0.2, 0.25) is 0 Å². The van der Waals surface area contributed by atoms with Crippen LogP contribution in [0.15, 0.2) is 47.5 Å². The van der Waals surface area contributed by atoms with Crippen LogP contribution < -0.4 is 25.4 Å². The monoisotopic (exact) mass is 604 g/mol. The first-order valence-corrected chi connectivity index (χ1v) is 14.2. The van der Waals surface area contributed by atoms with E-state index in [1.165, 1.54) is 38.1 Å². The second kappa shape index (κ2) is 13.3. The molecule has 2 aromatic carbocycles. The van der Waals surface area contributed by atoms with Gasteiger partial charge in [0.05, 0.1) is 18.4 Å². The van der Waals surface area contributed by atoms with E-state index >= 15 is 0 Å². The van der Waals surface area contributed by atoms with Crippen LogP contribution in [-0.2, 0) is 6.18 Å². The van der Waals surface area contributed by atoms with Crippen LogP contribution >= 0.6 is 11.8 Å². The van der Waals surface area contributed by atoms with Crippen molar-refractivity contribution in [2.45, 2.75) is 30.0 Å². The van der Waals surface area contributed by atoms with Gasteiger partial charge in [0.1, 0.15) is 17.1 Å². The molecular weight excluding hydrogens is 573 g/mol. The van der Waals surface area contributed by atoms with Gasteiger partial charge >= 0.3 is 6.18 Å². The SMILES string of the molecule is CNC(=O)c1c(Oc2nc(Nc3ccc(C(=O)NC4CCN(C)CC4)cc3OC)ncc2C(F)(F)F)cccc1SC. The number of piperidine rings is 1. The van der Waals surface area contributed by atoms with Gasteiger partial charge < -0.3 is 30.3 Å².